The largest absolute Gasteiger partial charge is 0.383 e. The highest BCUT2D eigenvalue weighted by Gasteiger charge is 2.30. The fraction of sp³-hybridized carbons (Fsp3) is 0.524. The van der Waals surface area contributed by atoms with Crippen LogP contribution in [0.3, 0.4) is 0 Å². The van der Waals surface area contributed by atoms with Gasteiger partial charge in [-0.25, -0.2) is 4.68 Å². The van der Waals surface area contributed by atoms with Crippen molar-refractivity contribution in [2.45, 2.75) is 46.6 Å². The molecular formula is C21H28N4O4S. The molecule has 2 N–H and O–H groups in total. The van der Waals surface area contributed by atoms with Crippen molar-refractivity contribution in [3.8, 4) is 0 Å². The van der Waals surface area contributed by atoms with Crippen molar-refractivity contribution in [1.29, 1.82) is 0 Å². The van der Waals surface area contributed by atoms with Gasteiger partial charge in [0, 0.05) is 18.1 Å². The summed E-state index contributed by atoms with van der Waals surface area (Å²) < 4.78 is 6.08. The zero-order valence-electron chi connectivity index (χ0n) is 17.8. The van der Waals surface area contributed by atoms with Crippen LogP contribution in [0.25, 0.3) is 0 Å². The summed E-state index contributed by atoms with van der Waals surface area (Å²) in [5, 5.41) is 4.01. The molecule has 0 bridgehead atoms. The summed E-state index contributed by atoms with van der Waals surface area (Å²) >= 11 is 1.48. The normalized spacial score (nSPS) is 16.1. The quantitative estimate of drug-likeness (QED) is 0.705. The lowest BCUT2D eigenvalue weighted by Gasteiger charge is -2.33. The number of amides is 2. The van der Waals surface area contributed by atoms with Gasteiger partial charge >= 0.3 is 0 Å². The van der Waals surface area contributed by atoms with E-state index in [0.29, 0.717) is 17.4 Å². The molecule has 1 aliphatic carbocycles. The molecule has 3 rings (SSSR count). The number of carbonyl (C=O) groups is 2. The number of aryl methyl sites for hydroxylation is 1. The van der Waals surface area contributed by atoms with E-state index in [-0.39, 0.29) is 29.1 Å². The number of aromatic nitrogens is 2. The van der Waals surface area contributed by atoms with Crippen molar-refractivity contribution in [2.75, 3.05) is 13.7 Å². The van der Waals surface area contributed by atoms with Gasteiger partial charge in [0.15, 0.2) is 5.69 Å². The molecule has 2 aromatic heterocycles. The Hall–Kier alpha value is -2.52. The zero-order chi connectivity index (χ0) is 21.9. The molecule has 1 aliphatic rings. The summed E-state index contributed by atoms with van der Waals surface area (Å²) in [7, 11) is 1.52. The average molecular weight is 433 g/mol. The SMILES string of the molecule is COCCn1nc(C(=O)NNC(=O)c2cc3c(s2)CCC(C(C)(C)C)C3)ccc1=O. The number of methoxy groups -OCH3 is 1. The molecule has 2 amide bonds. The first-order valence-electron chi connectivity index (χ1n) is 9.98. The molecule has 0 saturated carbocycles. The van der Waals surface area contributed by atoms with Crippen molar-refractivity contribution in [2.24, 2.45) is 11.3 Å². The van der Waals surface area contributed by atoms with Crippen LogP contribution in [0.2, 0.25) is 0 Å². The first kappa shape index (κ1) is 22.2. The fourth-order valence-corrected chi connectivity index (χ4v) is 4.63. The number of hydrazine groups is 1. The summed E-state index contributed by atoms with van der Waals surface area (Å²) in [5.74, 6) is -0.360. The Balaban J connectivity index is 1.62. The fourth-order valence-electron chi connectivity index (χ4n) is 3.52. The molecule has 0 saturated heterocycles. The molecule has 0 radical (unpaired) electrons. The predicted molar refractivity (Wildman–Crippen MR) is 115 cm³/mol. The highest BCUT2D eigenvalue weighted by molar-refractivity contribution is 7.14. The topological polar surface area (TPSA) is 102 Å². The van der Waals surface area contributed by atoms with Gasteiger partial charge in [-0.3, -0.25) is 25.2 Å². The summed E-state index contributed by atoms with van der Waals surface area (Å²) in [6, 6.07) is 4.52. The van der Waals surface area contributed by atoms with Crippen LogP contribution in [0, 0.1) is 11.3 Å². The highest BCUT2D eigenvalue weighted by Crippen LogP contribution is 2.40. The van der Waals surface area contributed by atoms with Crippen LogP contribution in [0.1, 0.15) is 57.8 Å². The molecule has 1 atom stereocenters. The summed E-state index contributed by atoms with van der Waals surface area (Å²) in [4.78, 5) is 38.5. The van der Waals surface area contributed by atoms with Crippen LogP contribution in [-0.2, 0) is 24.1 Å². The summed E-state index contributed by atoms with van der Waals surface area (Å²) in [6.45, 7) is 7.30. The molecule has 162 valence electrons. The average Bonchev–Trinajstić information content (AvgIpc) is 3.14. The first-order valence-corrected chi connectivity index (χ1v) is 10.8. The molecule has 2 aromatic rings. The Morgan fingerprint density at radius 3 is 2.70 bits per heavy atom. The number of thiophene rings is 1. The Bertz CT molecular complexity index is 990. The minimum Gasteiger partial charge on any atom is -0.383 e. The lowest BCUT2D eigenvalue weighted by molar-refractivity contribution is 0.0844. The monoisotopic (exact) mass is 432 g/mol. The van der Waals surface area contributed by atoms with Gasteiger partial charge in [0.05, 0.1) is 18.0 Å². The zero-order valence-corrected chi connectivity index (χ0v) is 18.6. The standard InChI is InChI=1S/C21H28N4O4S/c1-21(2,3)14-5-7-16-13(11-14)12-17(30-16)20(28)23-22-19(27)15-6-8-18(26)25(24-15)9-10-29-4/h6,8,12,14H,5,7,9-11H2,1-4H3,(H,22,27)(H,23,28). The van der Waals surface area contributed by atoms with Gasteiger partial charge in [0.25, 0.3) is 17.4 Å². The predicted octanol–water partition coefficient (Wildman–Crippen LogP) is 2.18. The van der Waals surface area contributed by atoms with E-state index >= 15 is 0 Å². The maximum Gasteiger partial charge on any atom is 0.290 e. The van der Waals surface area contributed by atoms with E-state index in [4.69, 9.17) is 4.74 Å². The Labute approximate surface area is 179 Å². The van der Waals surface area contributed by atoms with Gasteiger partial charge < -0.3 is 4.74 Å². The van der Waals surface area contributed by atoms with Gasteiger partial charge in [-0.05, 0) is 48.3 Å². The molecule has 8 nitrogen and oxygen atoms in total. The van der Waals surface area contributed by atoms with E-state index in [1.165, 1.54) is 41.0 Å². The Kier molecular flexibility index (Phi) is 6.72. The molecular weight excluding hydrogens is 404 g/mol. The smallest absolute Gasteiger partial charge is 0.290 e. The third kappa shape index (κ3) is 5.14. The van der Waals surface area contributed by atoms with Gasteiger partial charge in [-0.15, -0.1) is 11.3 Å². The molecule has 0 aliphatic heterocycles. The van der Waals surface area contributed by atoms with E-state index in [9.17, 15) is 14.4 Å². The highest BCUT2D eigenvalue weighted by atomic mass is 32.1. The van der Waals surface area contributed by atoms with Gasteiger partial charge in [-0.1, -0.05) is 20.8 Å². The maximum absolute atomic E-state index is 12.5. The molecule has 0 fully saturated rings. The third-order valence-corrected chi connectivity index (χ3v) is 6.66. The van der Waals surface area contributed by atoms with Crippen LogP contribution in [0.15, 0.2) is 23.0 Å². The number of nitrogens with zero attached hydrogens (tertiary/aromatic N) is 2. The number of carbonyl (C=O) groups excluding carboxylic acids is 2. The molecule has 2 heterocycles. The lowest BCUT2D eigenvalue weighted by Crippen LogP contribution is -2.42. The molecule has 0 spiro atoms. The van der Waals surface area contributed by atoms with Crippen LogP contribution in [0.5, 0.6) is 0 Å². The second-order valence-corrected chi connectivity index (χ2v) is 9.68. The summed E-state index contributed by atoms with van der Waals surface area (Å²) in [5.41, 5.74) is 5.99. The van der Waals surface area contributed by atoms with E-state index in [1.54, 1.807) is 0 Å². The minimum atomic E-state index is -0.594. The number of nitrogens with one attached hydrogen (secondary N) is 2. The Morgan fingerprint density at radius 1 is 1.27 bits per heavy atom. The van der Waals surface area contributed by atoms with Crippen LogP contribution in [0.4, 0.5) is 0 Å². The van der Waals surface area contributed by atoms with Crippen molar-refractivity contribution in [3.63, 3.8) is 0 Å². The Morgan fingerprint density at radius 2 is 2.00 bits per heavy atom. The van der Waals surface area contributed by atoms with Crippen LogP contribution >= 0.6 is 11.3 Å². The van der Waals surface area contributed by atoms with E-state index < -0.39 is 5.91 Å². The number of rotatable bonds is 5. The molecule has 30 heavy (non-hydrogen) atoms. The first-order chi connectivity index (χ1) is 14.2. The van der Waals surface area contributed by atoms with Crippen molar-refractivity contribution < 1.29 is 14.3 Å². The summed E-state index contributed by atoms with van der Waals surface area (Å²) in [6.07, 6.45) is 3.08. The number of ether oxygens (including phenoxy) is 1. The van der Waals surface area contributed by atoms with Crippen molar-refractivity contribution in [3.05, 3.63) is 49.6 Å². The van der Waals surface area contributed by atoms with Gasteiger partial charge in [0.1, 0.15) is 0 Å². The molecule has 0 aromatic carbocycles. The van der Waals surface area contributed by atoms with E-state index in [1.807, 2.05) is 6.07 Å². The second kappa shape index (κ2) is 9.09. The van der Waals surface area contributed by atoms with Crippen molar-refractivity contribution >= 4 is 23.2 Å². The lowest BCUT2D eigenvalue weighted by atomic mass is 9.72. The number of hydrogen-bond donors (Lipinski definition) is 2. The number of hydrogen-bond acceptors (Lipinski definition) is 6. The van der Waals surface area contributed by atoms with Crippen molar-refractivity contribution in [1.82, 2.24) is 20.6 Å². The minimum absolute atomic E-state index is 0.0319. The van der Waals surface area contributed by atoms with Crippen LogP contribution in [-0.4, -0.2) is 35.3 Å². The molecule has 9 heteroatoms. The second-order valence-electron chi connectivity index (χ2n) is 8.55. The van der Waals surface area contributed by atoms with Gasteiger partial charge in [0.2, 0.25) is 0 Å². The maximum atomic E-state index is 12.5. The number of fused-ring (bicyclic) bond motifs is 1. The van der Waals surface area contributed by atoms with E-state index in [0.717, 1.165) is 23.9 Å². The third-order valence-electron chi connectivity index (χ3n) is 5.43. The van der Waals surface area contributed by atoms with Crippen LogP contribution < -0.4 is 16.4 Å². The molecule has 1 unspecified atom stereocenters. The van der Waals surface area contributed by atoms with Gasteiger partial charge in [-0.2, -0.15) is 5.10 Å². The van der Waals surface area contributed by atoms with E-state index in [2.05, 4.69) is 36.7 Å².